The molecule has 2 aromatic carbocycles. The molecule has 4 nitrogen and oxygen atoms in total. The summed E-state index contributed by atoms with van der Waals surface area (Å²) in [5.41, 5.74) is 1.42. The molecule has 0 spiro atoms. The maximum absolute atomic E-state index is 11.6. The number of halogens is 1. The highest BCUT2D eigenvalue weighted by atomic mass is 35.5. The molecular weight excluding hydrogens is 304 g/mol. The number of carbonyl (C=O) groups is 1. The second-order valence-electron chi connectivity index (χ2n) is 4.55. The van der Waals surface area contributed by atoms with Crippen molar-refractivity contribution in [3.63, 3.8) is 0 Å². The molecule has 0 unspecified atom stereocenters. The maximum atomic E-state index is 11.6. The van der Waals surface area contributed by atoms with E-state index in [4.69, 9.17) is 25.8 Å². The third-order valence-electron chi connectivity index (χ3n) is 3.17. The summed E-state index contributed by atoms with van der Waals surface area (Å²) >= 11 is 6.11. The fourth-order valence-corrected chi connectivity index (χ4v) is 2.24. The summed E-state index contributed by atoms with van der Waals surface area (Å²) in [6.07, 6.45) is 0.658. The summed E-state index contributed by atoms with van der Waals surface area (Å²) in [7, 11) is 2.89. The molecule has 22 heavy (non-hydrogen) atoms. The molecule has 0 saturated heterocycles. The van der Waals surface area contributed by atoms with E-state index in [1.54, 1.807) is 25.3 Å². The standard InChI is InChI=1S/C17H17ClO4/c1-20-15-8-7-13(17(19)21-2)11-16(15)22-10-9-12-5-3-4-6-14(12)18/h3-8,11H,9-10H2,1-2H3. The highest BCUT2D eigenvalue weighted by Crippen LogP contribution is 2.28. The van der Waals surface area contributed by atoms with Gasteiger partial charge in [0.25, 0.3) is 0 Å². The van der Waals surface area contributed by atoms with Gasteiger partial charge in [0.2, 0.25) is 0 Å². The molecule has 0 aliphatic rings. The molecule has 2 aromatic rings. The van der Waals surface area contributed by atoms with Crippen molar-refractivity contribution in [2.45, 2.75) is 6.42 Å². The zero-order valence-electron chi connectivity index (χ0n) is 12.5. The van der Waals surface area contributed by atoms with Crippen LogP contribution in [0.1, 0.15) is 15.9 Å². The summed E-state index contributed by atoms with van der Waals surface area (Å²) in [6.45, 7) is 0.421. The molecule has 0 aliphatic heterocycles. The molecule has 2 rings (SSSR count). The smallest absolute Gasteiger partial charge is 0.337 e. The van der Waals surface area contributed by atoms with Crippen LogP contribution in [0, 0.1) is 0 Å². The first-order chi connectivity index (χ1) is 10.7. The highest BCUT2D eigenvalue weighted by molar-refractivity contribution is 6.31. The third-order valence-corrected chi connectivity index (χ3v) is 3.54. The van der Waals surface area contributed by atoms with Crippen molar-refractivity contribution in [2.75, 3.05) is 20.8 Å². The van der Waals surface area contributed by atoms with Crippen molar-refractivity contribution in [1.82, 2.24) is 0 Å². The van der Waals surface area contributed by atoms with Gasteiger partial charge in [-0.15, -0.1) is 0 Å². The van der Waals surface area contributed by atoms with Crippen LogP contribution in [-0.2, 0) is 11.2 Å². The van der Waals surface area contributed by atoms with Gasteiger partial charge in [-0.3, -0.25) is 0 Å². The van der Waals surface area contributed by atoms with E-state index >= 15 is 0 Å². The van der Waals surface area contributed by atoms with Crippen LogP contribution in [0.25, 0.3) is 0 Å². The molecule has 0 atom stereocenters. The van der Waals surface area contributed by atoms with Crippen LogP contribution in [0.15, 0.2) is 42.5 Å². The van der Waals surface area contributed by atoms with Crippen molar-refractivity contribution >= 4 is 17.6 Å². The van der Waals surface area contributed by atoms with Crippen molar-refractivity contribution in [1.29, 1.82) is 0 Å². The normalized spacial score (nSPS) is 10.1. The molecule has 5 heteroatoms. The van der Waals surface area contributed by atoms with Crippen LogP contribution >= 0.6 is 11.6 Å². The molecule has 0 radical (unpaired) electrons. The van der Waals surface area contributed by atoms with E-state index in [2.05, 4.69) is 0 Å². The second kappa shape index (κ2) is 7.71. The minimum atomic E-state index is -0.418. The van der Waals surface area contributed by atoms with Gasteiger partial charge in [0.1, 0.15) is 0 Å². The Hall–Kier alpha value is -2.20. The van der Waals surface area contributed by atoms with E-state index in [1.807, 2.05) is 24.3 Å². The molecule has 0 N–H and O–H groups in total. The lowest BCUT2D eigenvalue weighted by Gasteiger charge is -2.12. The van der Waals surface area contributed by atoms with Gasteiger partial charge in [-0.1, -0.05) is 29.8 Å². The van der Waals surface area contributed by atoms with Crippen LogP contribution < -0.4 is 9.47 Å². The summed E-state index contributed by atoms with van der Waals surface area (Å²) in [5, 5.41) is 0.710. The Morgan fingerprint density at radius 3 is 2.55 bits per heavy atom. The first-order valence-electron chi connectivity index (χ1n) is 6.78. The Bertz CT molecular complexity index is 655. The van der Waals surface area contributed by atoms with E-state index in [0.717, 1.165) is 5.56 Å². The van der Waals surface area contributed by atoms with Gasteiger partial charge >= 0.3 is 5.97 Å². The van der Waals surface area contributed by atoms with Crippen molar-refractivity contribution < 1.29 is 19.0 Å². The average Bonchev–Trinajstić information content (AvgIpc) is 2.55. The first-order valence-corrected chi connectivity index (χ1v) is 7.16. The Kier molecular flexibility index (Phi) is 5.67. The fraction of sp³-hybridized carbons (Fsp3) is 0.235. The molecule has 0 bridgehead atoms. The van der Waals surface area contributed by atoms with Crippen molar-refractivity contribution in [3.8, 4) is 11.5 Å². The zero-order valence-corrected chi connectivity index (χ0v) is 13.2. The Morgan fingerprint density at radius 1 is 1.09 bits per heavy atom. The van der Waals surface area contributed by atoms with E-state index in [-0.39, 0.29) is 0 Å². The minimum Gasteiger partial charge on any atom is -0.493 e. The van der Waals surface area contributed by atoms with Gasteiger partial charge in [0, 0.05) is 11.4 Å². The van der Waals surface area contributed by atoms with Crippen molar-refractivity contribution in [2.24, 2.45) is 0 Å². The topological polar surface area (TPSA) is 44.8 Å². The van der Waals surface area contributed by atoms with Gasteiger partial charge in [-0.25, -0.2) is 4.79 Å². The third kappa shape index (κ3) is 3.92. The molecule has 0 aromatic heterocycles. The fourth-order valence-electron chi connectivity index (χ4n) is 2.01. The number of ether oxygens (including phenoxy) is 3. The molecule has 0 heterocycles. The quantitative estimate of drug-likeness (QED) is 0.760. The number of methoxy groups -OCH3 is 2. The van der Waals surface area contributed by atoms with Crippen LogP contribution in [0.3, 0.4) is 0 Å². The number of hydrogen-bond donors (Lipinski definition) is 0. The first kappa shape index (κ1) is 16.2. The molecule has 0 aliphatic carbocycles. The van der Waals surface area contributed by atoms with Crippen LogP contribution in [0.4, 0.5) is 0 Å². The lowest BCUT2D eigenvalue weighted by atomic mass is 10.1. The van der Waals surface area contributed by atoms with Gasteiger partial charge in [0.05, 0.1) is 26.4 Å². The number of carbonyl (C=O) groups excluding carboxylic acids is 1. The van der Waals surface area contributed by atoms with E-state index in [0.29, 0.717) is 35.1 Å². The average molecular weight is 321 g/mol. The second-order valence-corrected chi connectivity index (χ2v) is 4.95. The number of hydrogen-bond acceptors (Lipinski definition) is 4. The van der Waals surface area contributed by atoms with Gasteiger partial charge in [-0.2, -0.15) is 0 Å². The van der Waals surface area contributed by atoms with E-state index in [1.165, 1.54) is 7.11 Å². The summed E-state index contributed by atoms with van der Waals surface area (Å²) < 4.78 is 15.7. The largest absolute Gasteiger partial charge is 0.493 e. The predicted molar refractivity (Wildman–Crippen MR) is 85.0 cm³/mol. The lowest BCUT2D eigenvalue weighted by Crippen LogP contribution is -2.06. The summed E-state index contributed by atoms with van der Waals surface area (Å²) in [4.78, 5) is 11.6. The maximum Gasteiger partial charge on any atom is 0.337 e. The molecule has 116 valence electrons. The molecular formula is C17H17ClO4. The van der Waals surface area contributed by atoms with Crippen molar-refractivity contribution in [3.05, 3.63) is 58.6 Å². The Labute approximate surface area is 134 Å². The van der Waals surface area contributed by atoms with E-state index in [9.17, 15) is 4.79 Å². The zero-order chi connectivity index (χ0) is 15.9. The van der Waals surface area contributed by atoms with Crippen LogP contribution in [-0.4, -0.2) is 26.8 Å². The Morgan fingerprint density at radius 2 is 1.86 bits per heavy atom. The lowest BCUT2D eigenvalue weighted by molar-refractivity contribution is 0.0600. The minimum absolute atomic E-state index is 0.413. The molecule has 0 saturated carbocycles. The predicted octanol–water partition coefficient (Wildman–Crippen LogP) is 3.76. The van der Waals surface area contributed by atoms with Crippen LogP contribution in [0.2, 0.25) is 5.02 Å². The monoisotopic (exact) mass is 320 g/mol. The molecule has 0 amide bonds. The van der Waals surface area contributed by atoms with Gasteiger partial charge in [-0.05, 0) is 29.8 Å². The summed E-state index contributed by atoms with van der Waals surface area (Å²) in [6, 6.07) is 12.5. The number of rotatable bonds is 6. The molecule has 0 fully saturated rings. The van der Waals surface area contributed by atoms with E-state index < -0.39 is 5.97 Å². The van der Waals surface area contributed by atoms with Crippen LogP contribution in [0.5, 0.6) is 11.5 Å². The van der Waals surface area contributed by atoms with Gasteiger partial charge < -0.3 is 14.2 Å². The van der Waals surface area contributed by atoms with Gasteiger partial charge in [0.15, 0.2) is 11.5 Å². The number of esters is 1. The number of benzene rings is 2. The highest BCUT2D eigenvalue weighted by Gasteiger charge is 2.11. The SMILES string of the molecule is COC(=O)c1ccc(OC)c(OCCc2ccccc2Cl)c1. The Balaban J connectivity index is 2.08. The summed E-state index contributed by atoms with van der Waals surface area (Å²) in [5.74, 6) is 0.642.